The molecule has 0 spiro atoms. The van der Waals surface area contributed by atoms with E-state index in [0.717, 1.165) is 42.3 Å². The van der Waals surface area contributed by atoms with E-state index in [1.165, 1.54) is 12.8 Å². The van der Waals surface area contributed by atoms with Gasteiger partial charge in [0.2, 0.25) is 0 Å². The van der Waals surface area contributed by atoms with Crippen LogP contribution in [-0.2, 0) is 0 Å². The number of unbranched alkanes of at least 4 members (excludes halogenated alkanes) is 2. The second-order valence-electron chi connectivity index (χ2n) is 5.26. The fourth-order valence-corrected chi connectivity index (χ4v) is 2.30. The van der Waals surface area contributed by atoms with E-state index in [1.54, 1.807) is 6.92 Å². The first kappa shape index (κ1) is 17.6. The summed E-state index contributed by atoms with van der Waals surface area (Å²) in [5.41, 5.74) is 1.66. The highest BCUT2D eigenvalue weighted by molar-refractivity contribution is 7.80. The number of hydrogen-bond donors (Lipinski definition) is 1. The maximum Gasteiger partial charge on any atom is 0.173 e. The summed E-state index contributed by atoms with van der Waals surface area (Å²) in [4.78, 5) is 13.5. The van der Waals surface area contributed by atoms with Crippen molar-refractivity contribution in [3.05, 3.63) is 29.8 Å². The zero-order valence-electron chi connectivity index (χ0n) is 13.3. The van der Waals surface area contributed by atoms with Gasteiger partial charge >= 0.3 is 0 Å². The lowest BCUT2D eigenvalue weighted by molar-refractivity contribution is 0.101. The molecule has 4 heteroatoms. The molecule has 1 aromatic rings. The molecule has 0 aromatic heterocycles. The van der Waals surface area contributed by atoms with E-state index < -0.39 is 0 Å². The van der Waals surface area contributed by atoms with E-state index >= 15 is 0 Å². The van der Waals surface area contributed by atoms with Crippen LogP contribution in [0.5, 0.6) is 0 Å². The van der Waals surface area contributed by atoms with E-state index in [1.807, 2.05) is 24.3 Å². The average Bonchev–Trinajstić information content (AvgIpc) is 2.47. The predicted molar refractivity (Wildman–Crippen MR) is 94.1 cm³/mol. The van der Waals surface area contributed by atoms with Gasteiger partial charge in [-0.2, -0.15) is 0 Å². The summed E-state index contributed by atoms with van der Waals surface area (Å²) in [6.07, 6.45) is 4.63. The Labute approximate surface area is 133 Å². The minimum atomic E-state index is 0.0802. The zero-order chi connectivity index (χ0) is 15.7. The number of Topliss-reactive ketones (excluding diaryl/α,β-unsaturated/α-hetero) is 1. The third-order valence-electron chi connectivity index (χ3n) is 3.39. The van der Waals surface area contributed by atoms with E-state index in [0.29, 0.717) is 0 Å². The minimum Gasteiger partial charge on any atom is -0.349 e. The predicted octanol–water partition coefficient (Wildman–Crippen LogP) is 4.49. The summed E-state index contributed by atoms with van der Waals surface area (Å²) in [6.45, 7) is 7.94. The number of ketones is 1. The van der Waals surface area contributed by atoms with Gasteiger partial charge in [0.25, 0.3) is 0 Å². The molecule has 0 fully saturated rings. The van der Waals surface area contributed by atoms with Crippen LogP contribution in [0.4, 0.5) is 5.69 Å². The Hall–Kier alpha value is -1.42. The number of nitrogens with zero attached hydrogens (tertiary/aromatic N) is 1. The zero-order valence-corrected chi connectivity index (χ0v) is 14.1. The van der Waals surface area contributed by atoms with E-state index in [9.17, 15) is 4.79 Å². The Balaban J connectivity index is 2.64. The third-order valence-corrected chi connectivity index (χ3v) is 3.75. The van der Waals surface area contributed by atoms with Crippen molar-refractivity contribution in [3.8, 4) is 0 Å². The number of hydrogen-bond acceptors (Lipinski definition) is 2. The Kier molecular flexibility index (Phi) is 7.98. The quantitative estimate of drug-likeness (QED) is 0.566. The number of carbonyl (C=O) groups is 1. The summed E-state index contributed by atoms with van der Waals surface area (Å²) >= 11 is 5.52. The van der Waals surface area contributed by atoms with Crippen molar-refractivity contribution in [1.82, 2.24) is 4.90 Å². The standard InChI is InChI=1S/C17H26N2OS/c1-4-6-12-19(13-7-5-2)17(21)18-16-10-8-15(9-11-16)14(3)20/h8-11H,4-7,12-13H2,1-3H3,(H,18,21). The van der Waals surface area contributed by atoms with E-state index in [2.05, 4.69) is 24.1 Å². The second-order valence-corrected chi connectivity index (χ2v) is 5.64. The minimum absolute atomic E-state index is 0.0802. The highest BCUT2D eigenvalue weighted by Gasteiger charge is 2.09. The van der Waals surface area contributed by atoms with Crippen molar-refractivity contribution < 1.29 is 4.79 Å². The van der Waals surface area contributed by atoms with Gasteiger partial charge in [0, 0.05) is 24.3 Å². The number of benzene rings is 1. The lowest BCUT2D eigenvalue weighted by Crippen LogP contribution is -2.36. The lowest BCUT2D eigenvalue weighted by atomic mass is 10.1. The van der Waals surface area contributed by atoms with Crippen LogP contribution in [0.25, 0.3) is 0 Å². The van der Waals surface area contributed by atoms with Crippen LogP contribution in [0.1, 0.15) is 56.8 Å². The molecule has 1 rings (SSSR count). The Morgan fingerprint density at radius 2 is 1.62 bits per heavy atom. The topological polar surface area (TPSA) is 32.3 Å². The molecule has 0 saturated heterocycles. The Morgan fingerprint density at radius 1 is 1.10 bits per heavy atom. The number of rotatable bonds is 8. The van der Waals surface area contributed by atoms with Gasteiger partial charge in [0.1, 0.15) is 0 Å². The largest absolute Gasteiger partial charge is 0.349 e. The maximum atomic E-state index is 11.3. The summed E-state index contributed by atoms with van der Waals surface area (Å²) in [7, 11) is 0. The van der Waals surface area contributed by atoms with Crippen molar-refractivity contribution in [2.45, 2.75) is 46.5 Å². The number of carbonyl (C=O) groups excluding carboxylic acids is 1. The fourth-order valence-electron chi connectivity index (χ4n) is 2.00. The van der Waals surface area contributed by atoms with Crippen LogP contribution in [0.3, 0.4) is 0 Å². The van der Waals surface area contributed by atoms with E-state index in [4.69, 9.17) is 12.2 Å². The van der Waals surface area contributed by atoms with Crippen molar-refractivity contribution >= 4 is 28.8 Å². The van der Waals surface area contributed by atoms with Crippen LogP contribution in [0.2, 0.25) is 0 Å². The van der Waals surface area contributed by atoms with Gasteiger partial charge in [0.15, 0.2) is 10.9 Å². The third kappa shape index (κ3) is 6.25. The number of nitrogens with one attached hydrogen (secondary N) is 1. The van der Waals surface area contributed by atoms with Gasteiger partial charge in [-0.25, -0.2) is 0 Å². The van der Waals surface area contributed by atoms with Gasteiger partial charge in [0.05, 0.1) is 0 Å². The second kappa shape index (κ2) is 9.50. The van der Waals surface area contributed by atoms with Crippen LogP contribution in [-0.4, -0.2) is 28.9 Å². The van der Waals surface area contributed by atoms with Crippen LogP contribution >= 0.6 is 12.2 Å². The molecule has 0 aliphatic carbocycles. The molecule has 0 unspecified atom stereocenters. The molecule has 1 N–H and O–H groups in total. The van der Waals surface area contributed by atoms with Crippen molar-refractivity contribution in [2.24, 2.45) is 0 Å². The van der Waals surface area contributed by atoms with Gasteiger partial charge in [-0.15, -0.1) is 0 Å². The van der Waals surface area contributed by atoms with Crippen LogP contribution in [0, 0.1) is 0 Å². The number of anilines is 1. The fraction of sp³-hybridized carbons (Fsp3) is 0.529. The van der Waals surface area contributed by atoms with Crippen molar-refractivity contribution in [1.29, 1.82) is 0 Å². The summed E-state index contributed by atoms with van der Waals surface area (Å²) in [5.74, 6) is 0.0802. The molecule has 0 atom stereocenters. The average molecular weight is 306 g/mol. The molecule has 21 heavy (non-hydrogen) atoms. The normalized spacial score (nSPS) is 10.2. The first-order valence-corrected chi connectivity index (χ1v) is 8.16. The SMILES string of the molecule is CCCCN(CCCC)C(=S)Nc1ccc(C(C)=O)cc1. The first-order valence-electron chi connectivity index (χ1n) is 7.75. The molecule has 0 aliphatic rings. The summed E-state index contributed by atoms with van der Waals surface area (Å²) in [6, 6.07) is 7.47. The molecular formula is C17H26N2OS. The number of thiocarbonyl (C=S) groups is 1. The molecule has 0 saturated carbocycles. The van der Waals surface area contributed by atoms with Crippen molar-refractivity contribution in [3.63, 3.8) is 0 Å². The molecule has 0 bridgehead atoms. The van der Waals surface area contributed by atoms with Crippen LogP contribution in [0.15, 0.2) is 24.3 Å². The van der Waals surface area contributed by atoms with Crippen molar-refractivity contribution in [2.75, 3.05) is 18.4 Å². The van der Waals surface area contributed by atoms with E-state index in [-0.39, 0.29) is 5.78 Å². The molecule has 116 valence electrons. The molecule has 1 aromatic carbocycles. The highest BCUT2D eigenvalue weighted by Crippen LogP contribution is 2.12. The maximum absolute atomic E-state index is 11.3. The smallest absolute Gasteiger partial charge is 0.173 e. The van der Waals surface area contributed by atoms with Gasteiger partial charge < -0.3 is 10.2 Å². The lowest BCUT2D eigenvalue weighted by Gasteiger charge is -2.25. The molecule has 0 amide bonds. The molecule has 3 nitrogen and oxygen atoms in total. The monoisotopic (exact) mass is 306 g/mol. The summed E-state index contributed by atoms with van der Waals surface area (Å²) < 4.78 is 0. The highest BCUT2D eigenvalue weighted by atomic mass is 32.1. The van der Waals surface area contributed by atoms with Gasteiger partial charge in [-0.1, -0.05) is 26.7 Å². The molecular weight excluding hydrogens is 280 g/mol. The van der Waals surface area contributed by atoms with Gasteiger partial charge in [-0.05, 0) is 56.2 Å². The molecule has 0 aliphatic heterocycles. The molecule has 0 heterocycles. The van der Waals surface area contributed by atoms with Gasteiger partial charge in [-0.3, -0.25) is 4.79 Å². The Bertz CT molecular complexity index is 448. The Morgan fingerprint density at radius 3 is 2.05 bits per heavy atom. The molecule has 0 radical (unpaired) electrons. The van der Waals surface area contributed by atoms with Crippen LogP contribution < -0.4 is 5.32 Å². The summed E-state index contributed by atoms with van der Waals surface area (Å²) in [5, 5.41) is 4.04. The first-order chi connectivity index (χ1) is 10.1.